The summed E-state index contributed by atoms with van der Waals surface area (Å²) in [4.78, 5) is 0. The number of rotatable bonds is 1. The predicted molar refractivity (Wildman–Crippen MR) is 45.0 cm³/mol. The molecule has 0 spiro atoms. The Bertz CT molecular complexity index is 204. The molecule has 0 aromatic carbocycles. The van der Waals surface area contributed by atoms with Crippen molar-refractivity contribution in [2.75, 3.05) is 0 Å². The van der Waals surface area contributed by atoms with E-state index in [-0.39, 0.29) is 12.2 Å². The van der Waals surface area contributed by atoms with Gasteiger partial charge in [0, 0.05) is 0 Å². The van der Waals surface area contributed by atoms with Gasteiger partial charge in [-0.25, -0.2) is 0 Å². The van der Waals surface area contributed by atoms with Gasteiger partial charge in [-0.1, -0.05) is 6.92 Å². The maximum Gasteiger partial charge on any atom is 0.190 e. The number of hydrogen-bond acceptors (Lipinski definition) is 4. The molecule has 4 unspecified atom stereocenters. The molecule has 4 heteroatoms. The number of aliphatic hydroxyl groups is 1. The zero-order valence-corrected chi connectivity index (χ0v) is 8.19. The lowest BCUT2D eigenvalue weighted by Gasteiger charge is -2.22. The molecule has 0 aromatic heterocycles. The molecule has 76 valence electrons. The van der Waals surface area contributed by atoms with Crippen LogP contribution in [0.2, 0.25) is 0 Å². The fourth-order valence-corrected chi connectivity index (χ4v) is 1.90. The van der Waals surface area contributed by atoms with Crippen LogP contribution in [0, 0.1) is 0 Å². The molecule has 0 amide bonds. The van der Waals surface area contributed by atoms with Crippen LogP contribution in [0.4, 0.5) is 0 Å². The molecule has 2 heterocycles. The highest BCUT2D eigenvalue weighted by Gasteiger charge is 2.53. The van der Waals surface area contributed by atoms with E-state index in [0.29, 0.717) is 0 Å². The second-order valence-corrected chi connectivity index (χ2v) is 4.04. The normalized spacial score (nSPS) is 48.0. The monoisotopic (exact) mass is 188 g/mol. The van der Waals surface area contributed by atoms with Gasteiger partial charge in [0.1, 0.15) is 12.2 Å². The Labute approximate surface area is 77.8 Å². The largest absolute Gasteiger partial charge is 0.387 e. The van der Waals surface area contributed by atoms with Gasteiger partial charge >= 0.3 is 0 Å². The second-order valence-electron chi connectivity index (χ2n) is 4.04. The lowest BCUT2D eigenvalue weighted by molar-refractivity contribution is -0.214. The number of aliphatic hydroxyl groups excluding tert-OH is 1. The van der Waals surface area contributed by atoms with Gasteiger partial charge in [0.2, 0.25) is 0 Å². The summed E-state index contributed by atoms with van der Waals surface area (Å²) in [7, 11) is 0. The summed E-state index contributed by atoms with van der Waals surface area (Å²) in [6, 6.07) is 0. The van der Waals surface area contributed by atoms with Gasteiger partial charge in [-0.3, -0.25) is 0 Å². The molecule has 2 rings (SSSR count). The van der Waals surface area contributed by atoms with Gasteiger partial charge in [-0.2, -0.15) is 0 Å². The number of ether oxygens (including phenoxy) is 3. The van der Waals surface area contributed by atoms with Crippen molar-refractivity contribution in [1.82, 2.24) is 0 Å². The zero-order valence-electron chi connectivity index (χ0n) is 8.19. The molecule has 13 heavy (non-hydrogen) atoms. The number of fused-ring (bicyclic) bond motifs is 1. The minimum atomic E-state index is -0.630. The van der Waals surface area contributed by atoms with Crippen molar-refractivity contribution in [2.24, 2.45) is 0 Å². The first-order valence-electron chi connectivity index (χ1n) is 4.72. The van der Waals surface area contributed by atoms with Gasteiger partial charge in [0.05, 0.1) is 6.10 Å². The highest BCUT2D eigenvalue weighted by molar-refractivity contribution is 4.92. The Hall–Kier alpha value is -0.160. The molecule has 0 aromatic rings. The smallest absolute Gasteiger partial charge is 0.190 e. The molecular weight excluding hydrogens is 172 g/mol. The average Bonchev–Trinajstić information content (AvgIpc) is 2.47. The summed E-state index contributed by atoms with van der Waals surface area (Å²) in [6.45, 7) is 5.62. The Morgan fingerprint density at radius 3 is 2.54 bits per heavy atom. The molecule has 0 aliphatic carbocycles. The fraction of sp³-hybridized carbons (Fsp3) is 1.00. The van der Waals surface area contributed by atoms with Gasteiger partial charge in [-0.05, 0) is 20.3 Å². The van der Waals surface area contributed by atoms with Crippen LogP contribution in [-0.2, 0) is 14.2 Å². The predicted octanol–water partition coefficient (Wildman–Crippen LogP) is 0.634. The maximum absolute atomic E-state index is 9.76. The first kappa shape index (κ1) is 9.40. The Morgan fingerprint density at radius 2 is 2.00 bits per heavy atom. The Kier molecular flexibility index (Phi) is 2.11. The molecule has 0 bridgehead atoms. The zero-order chi connectivity index (χ0) is 9.64. The Balaban J connectivity index is 2.07. The van der Waals surface area contributed by atoms with Crippen molar-refractivity contribution in [3.05, 3.63) is 0 Å². The van der Waals surface area contributed by atoms with E-state index in [2.05, 4.69) is 0 Å². The first-order valence-corrected chi connectivity index (χ1v) is 4.72. The molecule has 2 aliphatic rings. The van der Waals surface area contributed by atoms with Crippen molar-refractivity contribution in [3.63, 3.8) is 0 Å². The standard InChI is InChI=1S/C9H16O4/c1-4-5-6(10)7-8(11-5)13-9(2,3)12-7/h5-8,10H,4H2,1-3H3. The summed E-state index contributed by atoms with van der Waals surface area (Å²) < 4.78 is 16.5. The minimum Gasteiger partial charge on any atom is -0.387 e. The quantitative estimate of drug-likeness (QED) is 0.655. The molecule has 2 aliphatic heterocycles. The van der Waals surface area contributed by atoms with Crippen molar-refractivity contribution >= 4 is 0 Å². The minimum absolute atomic E-state index is 0.147. The molecule has 2 saturated heterocycles. The first-order chi connectivity index (χ1) is 6.03. The molecule has 0 radical (unpaired) electrons. The summed E-state index contributed by atoms with van der Waals surface area (Å²) in [5, 5.41) is 9.76. The van der Waals surface area contributed by atoms with Crippen LogP contribution in [0.1, 0.15) is 27.2 Å². The van der Waals surface area contributed by atoms with E-state index in [4.69, 9.17) is 14.2 Å². The molecule has 2 fully saturated rings. The molecule has 1 N–H and O–H groups in total. The van der Waals surface area contributed by atoms with Crippen molar-refractivity contribution in [2.45, 2.75) is 57.6 Å². The fourth-order valence-electron chi connectivity index (χ4n) is 1.90. The van der Waals surface area contributed by atoms with E-state index >= 15 is 0 Å². The molecule has 0 saturated carbocycles. The third kappa shape index (κ3) is 1.48. The third-order valence-corrected chi connectivity index (χ3v) is 2.52. The van der Waals surface area contributed by atoms with E-state index in [0.717, 1.165) is 6.42 Å². The van der Waals surface area contributed by atoms with Crippen LogP contribution in [0.25, 0.3) is 0 Å². The molecule has 4 atom stereocenters. The van der Waals surface area contributed by atoms with E-state index < -0.39 is 18.2 Å². The van der Waals surface area contributed by atoms with E-state index in [9.17, 15) is 5.11 Å². The topological polar surface area (TPSA) is 47.9 Å². The van der Waals surface area contributed by atoms with Crippen LogP contribution in [0.15, 0.2) is 0 Å². The number of hydrogen-bond donors (Lipinski definition) is 1. The van der Waals surface area contributed by atoms with Gasteiger partial charge in [-0.15, -0.1) is 0 Å². The summed E-state index contributed by atoms with van der Waals surface area (Å²) in [6.07, 6.45) is -0.640. The van der Waals surface area contributed by atoms with Crippen LogP contribution < -0.4 is 0 Å². The highest BCUT2D eigenvalue weighted by Crippen LogP contribution is 2.37. The van der Waals surface area contributed by atoms with Gasteiger partial charge < -0.3 is 19.3 Å². The van der Waals surface area contributed by atoms with Crippen molar-refractivity contribution < 1.29 is 19.3 Å². The van der Waals surface area contributed by atoms with Crippen LogP contribution in [0.3, 0.4) is 0 Å². The molecule has 4 nitrogen and oxygen atoms in total. The summed E-state index contributed by atoms with van der Waals surface area (Å²) in [5.74, 6) is -0.630. The third-order valence-electron chi connectivity index (χ3n) is 2.52. The lowest BCUT2D eigenvalue weighted by Crippen LogP contribution is -2.34. The van der Waals surface area contributed by atoms with Gasteiger partial charge in [0.15, 0.2) is 12.1 Å². The van der Waals surface area contributed by atoms with E-state index in [1.807, 2.05) is 20.8 Å². The summed E-state index contributed by atoms with van der Waals surface area (Å²) >= 11 is 0. The molecular formula is C9H16O4. The maximum atomic E-state index is 9.76. The van der Waals surface area contributed by atoms with Crippen LogP contribution in [-0.4, -0.2) is 35.5 Å². The SMILES string of the molecule is CCC1OC2OC(C)(C)OC2C1O. The van der Waals surface area contributed by atoms with Crippen molar-refractivity contribution in [1.29, 1.82) is 0 Å². The summed E-state index contributed by atoms with van der Waals surface area (Å²) in [5.41, 5.74) is 0. The van der Waals surface area contributed by atoms with Gasteiger partial charge in [0.25, 0.3) is 0 Å². The van der Waals surface area contributed by atoms with E-state index in [1.165, 1.54) is 0 Å². The average molecular weight is 188 g/mol. The Morgan fingerprint density at radius 1 is 1.31 bits per heavy atom. The van der Waals surface area contributed by atoms with Crippen molar-refractivity contribution in [3.8, 4) is 0 Å². The highest BCUT2D eigenvalue weighted by atomic mass is 16.8. The van der Waals surface area contributed by atoms with Crippen LogP contribution >= 0.6 is 0 Å². The lowest BCUT2D eigenvalue weighted by atomic mass is 10.1. The van der Waals surface area contributed by atoms with Crippen LogP contribution in [0.5, 0.6) is 0 Å². The second kappa shape index (κ2) is 2.92. The van der Waals surface area contributed by atoms with E-state index in [1.54, 1.807) is 0 Å².